The van der Waals surface area contributed by atoms with Gasteiger partial charge in [0.1, 0.15) is 4.21 Å². The van der Waals surface area contributed by atoms with Crippen molar-refractivity contribution in [1.29, 1.82) is 0 Å². The Labute approximate surface area is 156 Å². The number of hydrogen-bond acceptors (Lipinski definition) is 4. The first kappa shape index (κ1) is 21.9. The van der Waals surface area contributed by atoms with Crippen LogP contribution in [0.4, 0.5) is 0 Å². The second-order valence-electron chi connectivity index (χ2n) is 6.33. The fourth-order valence-corrected chi connectivity index (χ4v) is 4.78. The second kappa shape index (κ2) is 10.8. The largest absolute Gasteiger partial charge is 0.354 e. The van der Waals surface area contributed by atoms with E-state index in [4.69, 9.17) is 0 Å². The Balaban J connectivity index is 2.49. The molecule has 2 N–H and O–H groups in total. The number of unbranched alkanes of at least 4 members (excludes halogenated alkanes) is 3. The molecule has 8 heteroatoms. The third-order valence-corrected chi connectivity index (χ3v) is 7.27. The summed E-state index contributed by atoms with van der Waals surface area (Å²) in [7, 11) is 1.47. The molecule has 1 heterocycles. The van der Waals surface area contributed by atoms with Crippen molar-refractivity contribution in [2.75, 3.05) is 21.1 Å². The maximum absolute atomic E-state index is 12.1. The van der Waals surface area contributed by atoms with Crippen LogP contribution in [-0.4, -0.2) is 45.9 Å². The molecule has 0 amide bonds. The minimum absolute atomic E-state index is 0.357. The first-order valence-corrected chi connectivity index (χ1v) is 11.0. The van der Waals surface area contributed by atoms with E-state index in [-0.39, 0.29) is 0 Å². The fraction of sp³-hybridized carbons (Fsp3) is 0.706. The first-order chi connectivity index (χ1) is 11.8. The summed E-state index contributed by atoms with van der Waals surface area (Å²) < 4.78 is 25.8. The Morgan fingerprint density at radius 3 is 2.60 bits per heavy atom. The number of hydrogen-bond donors (Lipinski definition) is 2. The van der Waals surface area contributed by atoms with Crippen molar-refractivity contribution in [3.05, 3.63) is 17.0 Å². The van der Waals surface area contributed by atoms with E-state index in [9.17, 15) is 8.42 Å². The van der Waals surface area contributed by atoms with Gasteiger partial charge in [0.2, 0.25) is 0 Å². The standard InChI is InChI=1S/C17H32N4O2S2/c1-6-7-8-9-10-14(2)20-17(18-3)19-13-15-11-12-16(24-15)25(22,23)21(4)5/h11-12,14H,6-10,13H2,1-5H3,(H2,18,19,20). The van der Waals surface area contributed by atoms with Crippen LogP contribution in [0.15, 0.2) is 21.3 Å². The summed E-state index contributed by atoms with van der Waals surface area (Å²) in [6.07, 6.45) is 6.14. The lowest BCUT2D eigenvalue weighted by molar-refractivity contribution is 0.523. The van der Waals surface area contributed by atoms with Gasteiger partial charge in [0, 0.05) is 32.1 Å². The van der Waals surface area contributed by atoms with Crippen molar-refractivity contribution >= 4 is 27.3 Å². The predicted molar refractivity (Wildman–Crippen MR) is 107 cm³/mol. The molecule has 0 aliphatic rings. The van der Waals surface area contributed by atoms with Gasteiger partial charge >= 0.3 is 0 Å². The molecule has 1 rings (SSSR count). The first-order valence-electron chi connectivity index (χ1n) is 8.79. The molecule has 1 atom stereocenters. The van der Waals surface area contributed by atoms with E-state index < -0.39 is 10.0 Å². The molecular formula is C17H32N4O2S2. The molecule has 0 fully saturated rings. The number of guanidine groups is 1. The van der Waals surface area contributed by atoms with Gasteiger partial charge < -0.3 is 10.6 Å². The average molecular weight is 389 g/mol. The minimum atomic E-state index is -3.36. The Bertz CT molecular complexity index is 639. The highest BCUT2D eigenvalue weighted by Gasteiger charge is 2.19. The molecule has 0 spiro atoms. The van der Waals surface area contributed by atoms with Crippen LogP contribution in [0.2, 0.25) is 0 Å². The van der Waals surface area contributed by atoms with E-state index in [1.54, 1.807) is 27.2 Å². The van der Waals surface area contributed by atoms with E-state index in [1.165, 1.54) is 41.3 Å². The number of thiophene rings is 1. The molecule has 0 saturated carbocycles. The van der Waals surface area contributed by atoms with E-state index in [0.29, 0.717) is 16.8 Å². The highest BCUT2D eigenvalue weighted by atomic mass is 32.2. The van der Waals surface area contributed by atoms with Gasteiger partial charge in [0.15, 0.2) is 5.96 Å². The SMILES string of the molecule is CCCCCCC(C)NC(=NC)NCc1ccc(S(=O)(=O)N(C)C)s1. The molecule has 0 bridgehead atoms. The van der Waals surface area contributed by atoms with Gasteiger partial charge in [-0.15, -0.1) is 11.3 Å². The molecule has 1 aromatic heterocycles. The molecule has 1 aromatic rings. The lowest BCUT2D eigenvalue weighted by Gasteiger charge is -2.17. The van der Waals surface area contributed by atoms with Crippen LogP contribution in [0.3, 0.4) is 0 Å². The van der Waals surface area contributed by atoms with Gasteiger partial charge in [-0.2, -0.15) is 0 Å². The molecule has 1 unspecified atom stereocenters. The second-order valence-corrected chi connectivity index (χ2v) is 9.88. The van der Waals surface area contributed by atoms with Crippen LogP contribution >= 0.6 is 11.3 Å². The average Bonchev–Trinajstić information content (AvgIpc) is 3.05. The lowest BCUT2D eigenvalue weighted by Crippen LogP contribution is -2.41. The van der Waals surface area contributed by atoms with Gasteiger partial charge in [-0.3, -0.25) is 4.99 Å². The number of sulfonamides is 1. The third-order valence-electron chi connectivity index (χ3n) is 3.90. The van der Waals surface area contributed by atoms with Crippen LogP contribution in [0, 0.1) is 0 Å². The van der Waals surface area contributed by atoms with Crippen LogP contribution in [0.5, 0.6) is 0 Å². The van der Waals surface area contributed by atoms with Crippen molar-refractivity contribution in [1.82, 2.24) is 14.9 Å². The summed E-state index contributed by atoms with van der Waals surface area (Å²) in [4.78, 5) is 5.20. The highest BCUT2D eigenvalue weighted by Crippen LogP contribution is 2.23. The monoisotopic (exact) mass is 388 g/mol. The number of rotatable bonds is 10. The smallest absolute Gasteiger partial charge is 0.252 e. The summed E-state index contributed by atoms with van der Waals surface area (Å²) in [5.74, 6) is 0.744. The van der Waals surface area contributed by atoms with Crippen molar-refractivity contribution in [2.24, 2.45) is 4.99 Å². The molecule has 25 heavy (non-hydrogen) atoms. The number of nitrogens with one attached hydrogen (secondary N) is 2. The summed E-state index contributed by atoms with van der Waals surface area (Å²) in [5.41, 5.74) is 0. The Morgan fingerprint density at radius 1 is 1.28 bits per heavy atom. The zero-order valence-corrected chi connectivity index (χ0v) is 17.6. The van der Waals surface area contributed by atoms with Crippen molar-refractivity contribution in [3.63, 3.8) is 0 Å². The molecule has 0 aliphatic heterocycles. The summed E-state index contributed by atoms with van der Waals surface area (Å²) in [5, 5.41) is 6.64. The number of aliphatic imine (C=N–C) groups is 1. The van der Waals surface area contributed by atoms with Crippen LogP contribution in [-0.2, 0) is 16.6 Å². The van der Waals surface area contributed by atoms with Crippen LogP contribution in [0.25, 0.3) is 0 Å². The van der Waals surface area contributed by atoms with Crippen LogP contribution in [0.1, 0.15) is 50.8 Å². The maximum Gasteiger partial charge on any atom is 0.252 e. The lowest BCUT2D eigenvalue weighted by atomic mass is 10.1. The van der Waals surface area contributed by atoms with Gasteiger partial charge in [-0.25, -0.2) is 12.7 Å². The van der Waals surface area contributed by atoms with Crippen LogP contribution < -0.4 is 10.6 Å². The normalized spacial score (nSPS) is 13.9. The fourth-order valence-electron chi connectivity index (χ4n) is 2.32. The molecule has 144 valence electrons. The zero-order chi connectivity index (χ0) is 18.9. The van der Waals surface area contributed by atoms with Crippen molar-refractivity contribution < 1.29 is 8.42 Å². The summed E-state index contributed by atoms with van der Waals surface area (Å²) in [6, 6.07) is 3.86. The van der Waals surface area contributed by atoms with Crippen molar-refractivity contribution in [2.45, 2.75) is 62.7 Å². The van der Waals surface area contributed by atoms with E-state index in [1.807, 2.05) is 6.07 Å². The molecule has 0 saturated heterocycles. The minimum Gasteiger partial charge on any atom is -0.354 e. The molecule has 0 radical (unpaired) electrons. The van der Waals surface area contributed by atoms with Gasteiger partial charge in [0.05, 0.1) is 6.54 Å². The third kappa shape index (κ3) is 7.33. The summed E-state index contributed by atoms with van der Waals surface area (Å²) >= 11 is 1.28. The van der Waals surface area contributed by atoms with E-state index >= 15 is 0 Å². The van der Waals surface area contributed by atoms with Crippen molar-refractivity contribution in [3.8, 4) is 0 Å². The number of nitrogens with zero attached hydrogens (tertiary/aromatic N) is 2. The van der Waals surface area contributed by atoms with Gasteiger partial charge in [0.25, 0.3) is 10.0 Å². The van der Waals surface area contributed by atoms with Gasteiger partial charge in [-0.05, 0) is 25.5 Å². The molecule has 0 aromatic carbocycles. The maximum atomic E-state index is 12.1. The zero-order valence-electron chi connectivity index (χ0n) is 16.0. The Morgan fingerprint density at radius 2 is 2.00 bits per heavy atom. The molecular weight excluding hydrogens is 356 g/mol. The molecule has 6 nitrogen and oxygen atoms in total. The topological polar surface area (TPSA) is 73.8 Å². The Hall–Kier alpha value is -1.12. The predicted octanol–water partition coefficient (Wildman–Crippen LogP) is 3.02. The molecule has 0 aliphatic carbocycles. The Kier molecular flexibility index (Phi) is 9.45. The summed E-state index contributed by atoms with van der Waals surface area (Å²) in [6.45, 7) is 4.93. The van der Waals surface area contributed by atoms with Gasteiger partial charge in [-0.1, -0.05) is 32.6 Å². The highest BCUT2D eigenvalue weighted by molar-refractivity contribution is 7.91. The van der Waals surface area contributed by atoms with E-state index in [0.717, 1.165) is 17.3 Å². The van der Waals surface area contributed by atoms with E-state index in [2.05, 4.69) is 29.5 Å². The quantitative estimate of drug-likeness (QED) is 0.367.